The van der Waals surface area contributed by atoms with Gasteiger partial charge < -0.3 is 10.3 Å². The second kappa shape index (κ2) is 6.42. The molecule has 0 aliphatic rings. The minimum Gasteiger partial charge on any atom is -0.369 e. The van der Waals surface area contributed by atoms with E-state index in [4.69, 9.17) is 11.6 Å². The molecular weight excluding hydrogens is 340 g/mol. The van der Waals surface area contributed by atoms with Crippen LogP contribution in [0, 0.1) is 0 Å². The van der Waals surface area contributed by atoms with E-state index in [0.29, 0.717) is 5.28 Å². The molecule has 122 valence electrons. The van der Waals surface area contributed by atoms with Crippen LogP contribution >= 0.6 is 22.9 Å². The van der Waals surface area contributed by atoms with Crippen LogP contribution < -0.4 is 5.32 Å². The van der Waals surface area contributed by atoms with E-state index >= 15 is 0 Å². The maximum atomic E-state index is 6.07. The summed E-state index contributed by atoms with van der Waals surface area (Å²) in [6.45, 7) is 2.94. The first-order valence-corrected chi connectivity index (χ1v) is 9.19. The first kappa shape index (κ1) is 15.4. The SMILES string of the molecule is CCc1cc2c(NCCc3c[nH]c4ccccc34)nc(Cl)nc2s1. The molecule has 0 fully saturated rings. The lowest BCUT2D eigenvalue weighted by Crippen LogP contribution is -2.06. The van der Waals surface area contributed by atoms with Gasteiger partial charge in [-0.15, -0.1) is 11.3 Å². The molecular formula is C18H17ClN4S. The molecule has 6 heteroatoms. The van der Waals surface area contributed by atoms with Gasteiger partial charge in [0.1, 0.15) is 10.6 Å². The Morgan fingerprint density at radius 1 is 1.21 bits per heavy atom. The zero-order chi connectivity index (χ0) is 16.5. The van der Waals surface area contributed by atoms with Gasteiger partial charge >= 0.3 is 0 Å². The molecule has 0 radical (unpaired) electrons. The summed E-state index contributed by atoms with van der Waals surface area (Å²) >= 11 is 7.75. The summed E-state index contributed by atoms with van der Waals surface area (Å²) in [7, 11) is 0. The Morgan fingerprint density at radius 2 is 2.08 bits per heavy atom. The lowest BCUT2D eigenvalue weighted by Gasteiger charge is -2.06. The van der Waals surface area contributed by atoms with Crippen LogP contribution in [0.1, 0.15) is 17.4 Å². The predicted molar refractivity (Wildman–Crippen MR) is 102 cm³/mol. The molecule has 0 amide bonds. The van der Waals surface area contributed by atoms with Gasteiger partial charge in [-0.2, -0.15) is 0 Å². The van der Waals surface area contributed by atoms with Crippen molar-refractivity contribution in [2.24, 2.45) is 0 Å². The molecule has 3 heterocycles. The number of aromatic nitrogens is 3. The number of nitrogens with one attached hydrogen (secondary N) is 2. The minimum atomic E-state index is 0.293. The van der Waals surface area contributed by atoms with Crippen LogP contribution in [0.2, 0.25) is 5.28 Å². The second-order valence-corrected chi connectivity index (χ2v) is 7.12. The van der Waals surface area contributed by atoms with Crippen LogP contribution in [-0.2, 0) is 12.8 Å². The van der Waals surface area contributed by atoms with E-state index in [0.717, 1.165) is 35.4 Å². The lowest BCUT2D eigenvalue weighted by atomic mass is 10.1. The van der Waals surface area contributed by atoms with E-state index < -0.39 is 0 Å². The van der Waals surface area contributed by atoms with Crippen molar-refractivity contribution in [3.63, 3.8) is 0 Å². The number of hydrogen-bond donors (Lipinski definition) is 2. The fourth-order valence-electron chi connectivity index (χ4n) is 2.91. The molecule has 0 atom stereocenters. The quantitative estimate of drug-likeness (QED) is 0.492. The molecule has 0 spiro atoms. The number of aromatic amines is 1. The molecule has 0 aliphatic heterocycles. The summed E-state index contributed by atoms with van der Waals surface area (Å²) in [5, 5.41) is 6.05. The first-order valence-electron chi connectivity index (χ1n) is 7.99. The predicted octanol–water partition coefficient (Wildman–Crippen LogP) is 5.04. The molecule has 4 nitrogen and oxygen atoms in total. The highest BCUT2D eigenvalue weighted by Crippen LogP contribution is 2.30. The van der Waals surface area contributed by atoms with Gasteiger partial charge in [0.05, 0.1) is 5.39 Å². The number of halogens is 1. The largest absolute Gasteiger partial charge is 0.369 e. The fourth-order valence-corrected chi connectivity index (χ4v) is 4.09. The third-order valence-corrected chi connectivity index (χ3v) is 5.47. The average molecular weight is 357 g/mol. The summed E-state index contributed by atoms with van der Waals surface area (Å²) in [5.74, 6) is 0.820. The summed E-state index contributed by atoms with van der Waals surface area (Å²) in [4.78, 5) is 14.3. The zero-order valence-corrected chi connectivity index (χ0v) is 14.8. The normalized spacial score (nSPS) is 11.4. The topological polar surface area (TPSA) is 53.6 Å². The van der Waals surface area contributed by atoms with Crippen LogP contribution in [0.25, 0.3) is 21.1 Å². The van der Waals surface area contributed by atoms with Gasteiger partial charge in [-0.3, -0.25) is 0 Å². The number of H-pyrrole nitrogens is 1. The lowest BCUT2D eigenvalue weighted by molar-refractivity contribution is 1.01. The standard InChI is InChI=1S/C18H17ClN4S/c1-2-12-9-14-16(22-18(19)23-17(14)24-12)20-8-7-11-10-21-15-6-4-3-5-13(11)15/h3-6,9-10,21H,2,7-8H2,1H3,(H,20,22,23). The van der Waals surface area contributed by atoms with E-state index in [2.05, 4.69) is 57.7 Å². The third-order valence-electron chi connectivity index (χ3n) is 4.13. The average Bonchev–Trinajstić information content (AvgIpc) is 3.19. The van der Waals surface area contributed by atoms with Gasteiger partial charge in [-0.25, -0.2) is 9.97 Å². The monoisotopic (exact) mass is 356 g/mol. The molecule has 4 aromatic rings. The first-order chi connectivity index (χ1) is 11.7. The number of fused-ring (bicyclic) bond motifs is 2. The third kappa shape index (κ3) is 2.85. The minimum absolute atomic E-state index is 0.293. The van der Waals surface area contributed by atoms with Gasteiger partial charge in [0.2, 0.25) is 5.28 Å². The highest BCUT2D eigenvalue weighted by atomic mass is 35.5. The van der Waals surface area contributed by atoms with Gasteiger partial charge in [0.15, 0.2) is 0 Å². The van der Waals surface area contributed by atoms with E-state index in [1.165, 1.54) is 21.3 Å². The highest BCUT2D eigenvalue weighted by molar-refractivity contribution is 7.18. The molecule has 0 aliphatic carbocycles. The van der Waals surface area contributed by atoms with Gasteiger partial charge in [-0.05, 0) is 42.1 Å². The summed E-state index contributed by atoms with van der Waals surface area (Å²) in [6.07, 6.45) is 3.99. The maximum absolute atomic E-state index is 6.07. The highest BCUT2D eigenvalue weighted by Gasteiger charge is 2.10. The molecule has 0 bridgehead atoms. The number of anilines is 1. The van der Waals surface area contributed by atoms with Crippen molar-refractivity contribution in [3.05, 3.63) is 52.3 Å². The molecule has 24 heavy (non-hydrogen) atoms. The zero-order valence-electron chi connectivity index (χ0n) is 13.3. The number of thiophene rings is 1. The Bertz CT molecular complexity index is 1000. The molecule has 1 aromatic carbocycles. The molecule has 2 N–H and O–H groups in total. The van der Waals surface area contributed by atoms with E-state index in [-0.39, 0.29) is 0 Å². The number of para-hydroxylation sites is 1. The van der Waals surface area contributed by atoms with Gasteiger partial charge in [0.25, 0.3) is 0 Å². The smallest absolute Gasteiger partial charge is 0.225 e. The number of aryl methyl sites for hydroxylation is 1. The molecule has 3 aromatic heterocycles. The molecule has 4 rings (SSSR count). The number of rotatable bonds is 5. The second-order valence-electron chi connectivity index (χ2n) is 5.66. The van der Waals surface area contributed by atoms with Crippen molar-refractivity contribution in [1.82, 2.24) is 15.0 Å². The number of hydrogen-bond acceptors (Lipinski definition) is 4. The van der Waals surface area contributed by atoms with Crippen molar-refractivity contribution < 1.29 is 0 Å². The van der Waals surface area contributed by atoms with E-state index in [1.54, 1.807) is 11.3 Å². The van der Waals surface area contributed by atoms with Crippen molar-refractivity contribution >= 4 is 49.9 Å². The van der Waals surface area contributed by atoms with Crippen molar-refractivity contribution in [2.75, 3.05) is 11.9 Å². The Kier molecular flexibility index (Phi) is 4.12. The van der Waals surface area contributed by atoms with Gasteiger partial charge in [-0.1, -0.05) is 25.1 Å². The molecule has 0 saturated carbocycles. The molecule has 0 unspecified atom stereocenters. The fraction of sp³-hybridized carbons (Fsp3) is 0.222. The Balaban J connectivity index is 1.55. The van der Waals surface area contributed by atoms with Crippen LogP contribution in [0.15, 0.2) is 36.5 Å². The maximum Gasteiger partial charge on any atom is 0.225 e. The van der Waals surface area contributed by atoms with Crippen molar-refractivity contribution in [2.45, 2.75) is 19.8 Å². The van der Waals surface area contributed by atoms with E-state index in [1.807, 2.05) is 6.07 Å². The van der Waals surface area contributed by atoms with Crippen molar-refractivity contribution in [3.8, 4) is 0 Å². The number of benzene rings is 1. The Morgan fingerprint density at radius 3 is 2.96 bits per heavy atom. The van der Waals surface area contributed by atoms with Crippen LogP contribution in [-0.4, -0.2) is 21.5 Å². The van der Waals surface area contributed by atoms with Crippen LogP contribution in [0.3, 0.4) is 0 Å². The Labute approximate surface area is 148 Å². The molecule has 0 saturated heterocycles. The van der Waals surface area contributed by atoms with Crippen LogP contribution in [0.5, 0.6) is 0 Å². The van der Waals surface area contributed by atoms with E-state index in [9.17, 15) is 0 Å². The Hall–Kier alpha value is -2.11. The summed E-state index contributed by atoms with van der Waals surface area (Å²) in [6, 6.07) is 10.5. The summed E-state index contributed by atoms with van der Waals surface area (Å²) < 4.78 is 0. The van der Waals surface area contributed by atoms with Gasteiger partial charge in [0, 0.05) is 28.5 Å². The summed E-state index contributed by atoms with van der Waals surface area (Å²) in [5.41, 5.74) is 2.47. The van der Waals surface area contributed by atoms with Crippen molar-refractivity contribution in [1.29, 1.82) is 0 Å². The number of nitrogens with zero attached hydrogens (tertiary/aromatic N) is 2. The van der Waals surface area contributed by atoms with Crippen LogP contribution in [0.4, 0.5) is 5.82 Å².